The van der Waals surface area contributed by atoms with Crippen molar-refractivity contribution < 1.29 is 34.8 Å². The monoisotopic (exact) mass is 407 g/mol. The molecule has 1 N–H and O–H groups in total. The van der Waals surface area contributed by atoms with E-state index in [2.05, 4.69) is 0 Å². The van der Waals surface area contributed by atoms with Gasteiger partial charge in [0.2, 0.25) is 0 Å². The summed E-state index contributed by atoms with van der Waals surface area (Å²) in [6, 6.07) is 2.56. The fourth-order valence-corrected chi connectivity index (χ4v) is 4.53. The van der Waals surface area contributed by atoms with Crippen LogP contribution in [0.5, 0.6) is 0 Å². The van der Waals surface area contributed by atoms with Gasteiger partial charge >= 0.3 is 12.1 Å². The second-order valence-electron chi connectivity index (χ2n) is 4.80. The molecule has 0 atom stereocenters. The highest BCUT2D eigenvalue weighted by atomic mass is 35.7. The standard InChI is InChI=1S/C12H13ClF3NO5S2/c1-2-5-23(19,20)7-8-6-9(17-11(18)12(14,15)16)3-4-10(8)24(13,21)22/h3-4,6H,2,5,7H2,1H3,(H,17,18). The number of sulfone groups is 1. The molecule has 0 fully saturated rings. The highest BCUT2D eigenvalue weighted by Crippen LogP contribution is 2.27. The number of benzene rings is 1. The Kier molecular flexibility index (Phi) is 6.28. The van der Waals surface area contributed by atoms with Crippen molar-refractivity contribution in [1.82, 2.24) is 0 Å². The van der Waals surface area contributed by atoms with Crippen LogP contribution in [-0.2, 0) is 29.4 Å². The van der Waals surface area contributed by atoms with Crippen molar-refractivity contribution in [2.45, 2.75) is 30.2 Å². The zero-order valence-electron chi connectivity index (χ0n) is 12.2. The van der Waals surface area contributed by atoms with Gasteiger partial charge in [-0.1, -0.05) is 6.92 Å². The number of anilines is 1. The van der Waals surface area contributed by atoms with E-state index in [1.165, 1.54) is 5.32 Å². The van der Waals surface area contributed by atoms with Crippen LogP contribution in [0.15, 0.2) is 23.1 Å². The molecule has 0 aromatic heterocycles. The predicted molar refractivity (Wildman–Crippen MR) is 81.9 cm³/mol. The Labute approximate surface area is 141 Å². The average molecular weight is 408 g/mol. The highest BCUT2D eigenvalue weighted by Gasteiger charge is 2.38. The zero-order chi connectivity index (χ0) is 18.8. The van der Waals surface area contributed by atoms with E-state index < -0.39 is 47.3 Å². The maximum atomic E-state index is 12.3. The number of amides is 1. The fourth-order valence-electron chi connectivity index (χ4n) is 1.83. The molecule has 0 bridgehead atoms. The smallest absolute Gasteiger partial charge is 0.318 e. The van der Waals surface area contributed by atoms with Crippen molar-refractivity contribution in [3.63, 3.8) is 0 Å². The van der Waals surface area contributed by atoms with Crippen molar-refractivity contribution in [3.8, 4) is 0 Å². The first-order chi connectivity index (χ1) is 10.8. The van der Waals surface area contributed by atoms with E-state index in [-0.39, 0.29) is 17.7 Å². The van der Waals surface area contributed by atoms with Crippen LogP contribution in [0.4, 0.5) is 18.9 Å². The SMILES string of the molecule is CCCS(=O)(=O)Cc1cc(NC(=O)C(F)(F)F)ccc1S(=O)(=O)Cl. The Bertz CT molecular complexity index is 835. The first-order valence-corrected chi connectivity index (χ1v) is 10.6. The molecule has 0 heterocycles. The number of rotatable bonds is 6. The first-order valence-electron chi connectivity index (χ1n) is 6.42. The van der Waals surface area contributed by atoms with Crippen molar-refractivity contribution in [1.29, 1.82) is 0 Å². The molecule has 0 aliphatic carbocycles. The lowest BCUT2D eigenvalue weighted by molar-refractivity contribution is -0.167. The molecular weight excluding hydrogens is 395 g/mol. The van der Waals surface area contributed by atoms with Gasteiger partial charge in [0.25, 0.3) is 9.05 Å². The third-order valence-corrected chi connectivity index (χ3v) is 5.93. The minimum Gasteiger partial charge on any atom is -0.318 e. The first kappa shape index (κ1) is 20.7. The summed E-state index contributed by atoms with van der Waals surface area (Å²) in [4.78, 5) is 10.4. The van der Waals surface area contributed by atoms with Gasteiger partial charge in [-0.25, -0.2) is 16.8 Å². The molecule has 12 heteroatoms. The van der Waals surface area contributed by atoms with Gasteiger partial charge in [0.15, 0.2) is 9.84 Å². The molecule has 1 rings (SSSR count). The number of carbonyl (C=O) groups excluding carboxylic acids is 1. The molecule has 0 saturated heterocycles. The summed E-state index contributed by atoms with van der Waals surface area (Å²) in [6.45, 7) is 1.59. The molecular formula is C12H13ClF3NO5S2. The second-order valence-corrected chi connectivity index (χ2v) is 9.52. The number of carbonyl (C=O) groups is 1. The Morgan fingerprint density at radius 3 is 2.25 bits per heavy atom. The summed E-state index contributed by atoms with van der Waals surface area (Å²) >= 11 is 0. The van der Waals surface area contributed by atoms with Crippen LogP contribution >= 0.6 is 10.7 Å². The number of nitrogens with one attached hydrogen (secondary N) is 1. The lowest BCUT2D eigenvalue weighted by atomic mass is 10.2. The van der Waals surface area contributed by atoms with E-state index in [0.717, 1.165) is 18.2 Å². The second kappa shape index (κ2) is 7.28. The zero-order valence-corrected chi connectivity index (χ0v) is 14.6. The van der Waals surface area contributed by atoms with Gasteiger partial charge in [0.05, 0.1) is 16.4 Å². The molecule has 1 aromatic rings. The normalized spacial score (nSPS) is 12.9. The molecule has 0 aliphatic heterocycles. The fraction of sp³-hybridized carbons (Fsp3) is 0.417. The van der Waals surface area contributed by atoms with Crippen molar-refractivity contribution >= 4 is 41.2 Å². The van der Waals surface area contributed by atoms with Crippen LogP contribution in [0, 0.1) is 0 Å². The van der Waals surface area contributed by atoms with Gasteiger partial charge in [-0.2, -0.15) is 13.2 Å². The third-order valence-electron chi connectivity index (χ3n) is 2.73. The Hall–Kier alpha value is -1.33. The molecule has 0 spiro atoms. The number of halogens is 4. The van der Waals surface area contributed by atoms with E-state index in [9.17, 15) is 34.8 Å². The van der Waals surface area contributed by atoms with E-state index >= 15 is 0 Å². The summed E-state index contributed by atoms with van der Waals surface area (Å²) in [6.07, 6.45) is -4.87. The van der Waals surface area contributed by atoms with Crippen molar-refractivity contribution in [3.05, 3.63) is 23.8 Å². The van der Waals surface area contributed by atoms with Crippen LogP contribution in [0.2, 0.25) is 0 Å². The largest absolute Gasteiger partial charge is 0.471 e. The molecule has 136 valence electrons. The Morgan fingerprint density at radius 1 is 1.21 bits per heavy atom. The van der Waals surface area contributed by atoms with Gasteiger partial charge in [0, 0.05) is 16.4 Å². The Balaban J connectivity index is 3.31. The predicted octanol–water partition coefficient (Wildman–Crippen LogP) is 2.44. The van der Waals surface area contributed by atoms with Gasteiger partial charge < -0.3 is 5.32 Å². The van der Waals surface area contributed by atoms with Crippen LogP contribution in [0.1, 0.15) is 18.9 Å². The molecule has 0 saturated carbocycles. The topological polar surface area (TPSA) is 97.4 Å². The highest BCUT2D eigenvalue weighted by molar-refractivity contribution is 8.13. The van der Waals surface area contributed by atoms with Gasteiger partial charge in [-0.05, 0) is 30.2 Å². The number of alkyl halides is 3. The van der Waals surface area contributed by atoms with Crippen molar-refractivity contribution in [2.24, 2.45) is 0 Å². The van der Waals surface area contributed by atoms with Gasteiger partial charge in [-0.15, -0.1) is 0 Å². The maximum Gasteiger partial charge on any atom is 0.471 e. The molecule has 0 aliphatic rings. The molecule has 24 heavy (non-hydrogen) atoms. The summed E-state index contributed by atoms with van der Waals surface area (Å²) < 4.78 is 83.5. The minimum absolute atomic E-state index is 0.242. The molecule has 1 aromatic carbocycles. The molecule has 1 amide bonds. The maximum absolute atomic E-state index is 12.3. The van der Waals surface area contributed by atoms with Crippen LogP contribution in [0.3, 0.4) is 0 Å². The van der Waals surface area contributed by atoms with E-state index in [1.807, 2.05) is 0 Å². The van der Waals surface area contributed by atoms with Gasteiger partial charge in [-0.3, -0.25) is 4.79 Å². The van der Waals surface area contributed by atoms with E-state index in [0.29, 0.717) is 0 Å². The lowest BCUT2D eigenvalue weighted by Gasteiger charge is -2.12. The van der Waals surface area contributed by atoms with Crippen molar-refractivity contribution in [2.75, 3.05) is 11.1 Å². The minimum atomic E-state index is -5.15. The third kappa shape index (κ3) is 5.95. The lowest BCUT2D eigenvalue weighted by Crippen LogP contribution is -2.30. The summed E-state index contributed by atoms with van der Waals surface area (Å²) in [5.41, 5.74) is -0.721. The summed E-state index contributed by atoms with van der Waals surface area (Å²) in [5, 5.41) is 1.52. The Morgan fingerprint density at radius 2 is 1.79 bits per heavy atom. The number of hydrogen-bond donors (Lipinski definition) is 1. The van der Waals surface area contributed by atoms with E-state index in [4.69, 9.17) is 10.7 Å². The summed E-state index contributed by atoms with van der Waals surface area (Å²) in [5.74, 6) is -3.25. The van der Waals surface area contributed by atoms with E-state index in [1.54, 1.807) is 6.92 Å². The van der Waals surface area contributed by atoms with Crippen LogP contribution < -0.4 is 5.32 Å². The molecule has 6 nitrogen and oxygen atoms in total. The average Bonchev–Trinajstić information content (AvgIpc) is 2.35. The quantitative estimate of drug-likeness (QED) is 0.730. The molecule has 0 radical (unpaired) electrons. The summed E-state index contributed by atoms with van der Waals surface area (Å²) in [7, 11) is -2.81. The molecule has 0 unspecified atom stereocenters. The van der Waals surface area contributed by atoms with Gasteiger partial charge in [0.1, 0.15) is 0 Å². The van der Waals surface area contributed by atoms with Crippen LogP contribution in [-0.4, -0.2) is 34.7 Å². The number of hydrogen-bond acceptors (Lipinski definition) is 5. The van der Waals surface area contributed by atoms with Crippen LogP contribution in [0.25, 0.3) is 0 Å².